The summed E-state index contributed by atoms with van der Waals surface area (Å²) in [5, 5.41) is 18.6. The van der Waals surface area contributed by atoms with Gasteiger partial charge in [0.05, 0.1) is 29.1 Å². The molecule has 41 heavy (non-hydrogen) atoms. The zero-order valence-corrected chi connectivity index (χ0v) is 24.2. The maximum atomic E-state index is 14.6. The normalized spacial score (nSPS) is 14.6. The summed E-state index contributed by atoms with van der Waals surface area (Å²) < 4.78 is 23.3. The minimum atomic E-state index is -1.03. The van der Waals surface area contributed by atoms with E-state index in [1.165, 1.54) is 10.5 Å². The molecule has 4 aromatic rings. The third-order valence-electron chi connectivity index (χ3n) is 6.65. The molecule has 0 spiro atoms. The van der Waals surface area contributed by atoms with Crippen molar-refractivity contribution in [3.8, 4) is 0 Å². The van der Waals surface area contributed by atoms with Gasteiger partial charge in [-0.25, -0.2) is 14.2 Å². The number of aliphatic hydroxyl groups is 1. The van der Waals surface area contributed by atoms with E-state index in [9.17, 15) is 19.1 Å². The Kier molecular flexibility index (Phi) is 7.14. The van der Waals surface area contributed by atoms with E-state index in [1.807, 2.05) is 33.0 Å². The Morgan fingerprint density at radius 3 is 2.44 bits per heavy atom. The van der Waals surface area contributed by atoms with Crippen LogP contribution in [0.1, 0.15) is 50.7 Å². The summed E-state index contributed by atoms with van der Waals surface area (Å²) in [6.45, 7) is 13.0. The van der Waals surface area contributed by atoms with Crippen LogP contribution in [0.2, 0.25) is 0 Å². The average Bonchev–Trinajstić information content (AvgIpc) is 3.44. The van der Waals surface area contributed by atoms with Crippen molar-refractivity contribution >= 4 is 39.9 Å². The molecular formula is C29H36FN7O4. The fourth-order valence-electron chi connectivity index (χ4n) is 4.98. The predicted octanol–water partition coefficient (Wildman–Crippen LogP) is 4.21. The molecule has 5 rings (SSSR count). The van der Waals surface area contributed by atoms with Crippen LogP contribution in [0.4, 0.5) is 20.6 Å². The van der Waals surface area contributed by atoms with Gasteiger partial charge in [-0.3, -0.25) is 9.48 Å². The highest BCUT2D eigenvalue weighted by Crippen LogP contribution is 2.31. The molecule has 2 amide bonds. The molecule has 12 heteroatoms. The lowest BCUT2D eigenvalue weighted by Crippen LogP contribution is -2.50. The van der Waals surface area contributed by atoms with Crippen molar-refractivity contribution < 1.29 is 23.8 Å². The van der Waals surface area contributed by atoms with E-state index in [0.29, 0.717) is 43.0 Å². The first-order valence-electron chi connectivity index (χ1n) is 13.6. The smallest absolute Gasteiger partial charge is 0.410 e. The number of hydrogen-bond donors (Lipinski definition) is 2. The highest BCUT2D eigenvalue weighted by atomic mass is 19.1. The Morgan fingerprint density at radius 2 is 1.78 bits per heavy atom. The van der Waals surface area contributed by atoms with Gasteiger partial charge in [0.1, 0.15) is 11.1 Å². The van der Waals surface area contributed by atoms with Gasteiger partial charge in [0.25, 0.3) is 5.91 Å². The Labute approximate surface area is 237 Å². The lowest BCUT2D eigenvalue weighted by atomic mass is 10.1. The van der Waals surface area contributed by atoms with Gasteiger partial charge >= 0.3 is 6.09 Å². The number of carbonyl (C=O) groups excluding carboxylic acids is 2. The monoisotopic (exact) mass is 565 g/mol. The molecule has 11 nitrogen and oxygen atoms in total. The number of hydrogen-bond acceptors (Lipinski definition) is 7. The standard InChI is InChI=1S/C29H36FN7O4/c1-18-14-36-15-19(13-22(30)25(36)31-18)32-26(38)20-7-8-23(21-16-37(33-24(20)21)17-29(5,6)40)34-9-11-35(12-10-34)27(39)41-28(2,3)4/h7-8,13-16,40H,9-12,17H2,1-6H3,(H,32,38). The van der Waals surface area contributed by atoms with E-state index < -0.39 is 22.9 Å². The second-order valence-electron chi connectivity index (χ2n) is 12.1. The number of halogens is 1. The molecule has 218 valence electrons. The van der Waals surface area contributed by atoms with Crippen LogP contribution in [-0.2, 0) is 11.3 Å². The Morgan fingerprint density at radius 1 is 1.07 bits per heavy atom. The number of benzene rings is 1. The molecule has 0 atom stereocenters. The van der Waals surface area contributed by atoms with Crippen LogP contribution in [0.25, 0.3) is 16.6 Å². The van der Waals surface area contributed by atoms with E-state index >= 15 is 0 Å². The number of piperazine rings is 1. The highest BCUT2D eigenvalue weighted by Gasteiger charge is 2.28. The second kappa shape index (κ2) is 10.3. The molecule has 0 aliphatic carbocycles. The molecule has 0 saturated carbocycles. The quantitative estimate of drug-likeness (QED) is 0.372. The van der Waals surface area contributed by atoms with Crippen molar-refractivity contribution in [2.45, 2.75) is 59.3 Å². The van der Waals surface area contributed by atoms with Crippen LogP contribution in [0, 0.1) is 12.7 Å². The molecule has 0 bridgehead atoms. The number of aryl methyl sites for hydroxylation is 1. The third-order valence-corrected chi connectivity index (χ3v) is 6.65. The SMILES string of the molecule is Cc1cn2cc(NC(=O)c3ccc(N4CCN(C(=O)OC(C)(C)C)CC4)c4cn(CC(C)(C)O)nc34)cc(F)c2n1. The zero-order chi connectivity index (χ0) is 29.7. The molecule has 1 saturated heterocycles. The number of anilines is 2. The third kappa shape index (κ3) is 6.27. The van der Waals surface area contributed by atoms with Crippen LogP contribution in [0.15, 0.2) is 36.8 Å². The van der Waals surface area contributed by atoms with Crippen LogP contribution < -0.4 is 10.2 Å². The number of imidazole rings is 1. The fourth-order valence-corrected chi connectivity index (χ4v) is 4.98. The van der Waals surface area contributed by atoms with Crippen molar-refractivity contribution in [2.75, 3.05) is 36.4 Å². The molecule has 0 radical (unpaired) electrons. The number of fused-ring (bicyclic) bond motifs is 2. The fraction of sp³-hybridized carbons (Fsp3) is 0.448. The first-order valence-corrected chi connectivity index (χ1v) is 13.6. The molecule has 2 N–H and O–H groups in total. The van der Waals surface area contributed by atoms with Gasteiger partial charge in [-0.1, -0.05) is 0 Å². The molecule has 4 heterocycles. The zero-order valence-electron chi connectivity index (χ0n) is 24.2. The Bertz CT molecular complexity index is 1620. The van der Waals surface area contributed by atoms with Crippen molar-refractivity contribution in [1.29, 1.82) is 0 Å². The summed E-state index contributed by atoms with van der Waals surface area (Å²) in [6, 6.07) is 4.80. The summed E-state index contributed by atoms with van der Waals surface area (Å²) in [5.41, 5.74) is 1.17. The number of amides is 2. The van der Waals surface area contributed by atoms with E-state index in [-0.39, 0.29) is 24.0 Å². The van der Waals surface area contributed by atoms with Gasteiger partial charge in [0.15, 0.2) is 11.5 Å². The average molecular weight is 566 g/mol. The van der Waals surface area contributed by atoms with E-state index in [2.05, 4.69) is 20.3 Å². The minimum Gasteiger partial charge on any atom is -0.444 e. The van der Waals surface area contributed by atoms with Gasteiger partial charge in [-0.2, -0.15) is 5.10 Å². The van der Waals surface area contributed by atoms with Gasteiger partial charge in [-0.05, 0) is 53.7 Å². The maximum Gasteiger partial charge on any atom is 0.410 e. The number of nitrogens with one attached hydrogen (secondary N) is 1. The lowest BCUT2D eigenvalue weighted by molar-refractivity contribution is 0.0240. The van der Waals surface area contributed by atoms with Gasteiger partial charge in [0, 0.05) is 61.9 Å². The van der Waals surface area contributed by atoms with Crippen LogP contribution in [-0.4, -0.2) is 78.6 Å². The Balaban J connectivity index is 1.44. The summed E-state index contributed by atoms with van der Waals surface area (Å²) in [5.74, 6) is -0.989. The number of aromatic nitrogens is 4. The molecule has 1 fully saturated rings. The van der Waals surface area contributed by atoms with Crippen LogP contribution >= 0.6 is 0 Å². The molecule has 1 aromatic carbocycles. The largest absolute Gasteiger partial charge is 0.444 e. The molecule has 1 aliphatic heterocycles. The van der Waals surface area contributed by atoms with Crippen LogP contribution in [0.3, 0.4) is 0 Å². The van der Waals surface area contributed by atoms with E-state index in [4.69, 9.17) is 4.74 Å². The summed E-state index contributed by atoms with van der Waals surface area (Å²) in [4.78, 5) is 34.0. The number of pyridine rings is 1. The summed E-state index contributed by atoms with van der Waals surface area (Å²) in [6.07, 6.45) is 4.77. The first kappa shape index (κ1) is 28.3. The van der Waals surface area contributed by atoms with Gasteiger partial charge < -0.3 is 29.4 Å². The number of ether oxygens (including phenoxy) is 1. The summed E-state index contributed by atoms with van der Waals surface area (Å²) >= 11 is 0. The molecule has 1 aliphatic rings. The van der Waals surface area contributed by atoms with Gasteiger partial charge in [-0.15, -0.1) is 0 Å². The van der Waals surface area contributed by atoms with Crippen LogP contribution in [0.5, 0.6) is 0 Å². The number of carbonyl (C=O) groups is 2. The van der Waals surface area contributed by atoms with Crippen molar-refractivity contribution in [2.24, 2.45) is 0 Å². The van der Waals surface area contributed by atoms with Gasteiger partial charge in [0.2, 0.25) is 0 Å². The minimum absolute atomic E-state index is 0.185. The summed E-state index contributed by atoms with van der Waals surface area (Å²) in [7, 11) is 0. The van der Waals surface area contributed by atoms with Crippen molar-refractivity contribution in [1.82, 2.24) is 24.1 Å². The molecular weight excluding hydrogens is 529 g/mol. The van der Waals surface area contributed by atoms with Crippen molar-refractivity contribution in [3.63, 3.8) is 0 Å². The molecule has 0 unspecified atom stereocenters. The van der Waals surface area contributed by atoms with Crippen molar-refractivity contribution in [3.05, 3.63) is 53.9 Å². The van der Waals surface area contributed by atoms with E-state index in [0.717, 1.165) is 11.1 Å². The highest BCUT2D eigenvalue weighted by molar-refractivity contribution is 6.14. The number of rotatable bonds is 5. The first-order chi connectivity index (χ1) is 19.2. The topological polar surface area (TPSA) is 117 Å². The maximum absolute atomic E-state index is 14.6. The lowest BCUT2D eigenvalue weighted by Gasteiger charge is -2.37. The Hall–Kier alpha value is -4.19. The number of nitrogens with zero attached hydrogens (tertiary/aromatic N) is 6. The molecule has 3 aromatic heterocycles. The predicted molar refractivity (Wildman–Crippen MR) is 154 cm³/mol. The van der Waals surface area contributed by atoms with E-state index in [1.54, 1.807) is 48.8 Å². The second-order valence-corrected chi connectivity index (χ2v) is 12.1.